The molecule has 0 bridgehead atoms. The molecule has 4 aliphatic rings. The number of guanidine groups is 1. The molecule has 13 heteroatoms. The predicted molar refractivity (Wildman–Crippen MR) is 157 cm³/mol. The fraction of sp³-hybridized carbons (Fsp3) is 0.500. The Morgan fingerprint density at radius 3 is 2.78 bits per heavy atom. The molecule has 0 unspecified atom stereocenters. The molecule has 1 aromatic heterocycles. The molecule has 1 atom stereocenters. The number of amidine groups is 1. The van der Waals surface area contributed by atoms with Gasteiger partial charge < -0.3 is 24.8 Å². The lowest BCUT2D eigenvalue weighted by atomic mass is 10.1. The number of benzene rings is 1. The Morgan fingerprint density at radius 1 is 1.20 bits per heavy atom. The van der Waals surface area contributed by atoms with Crippen LogP contribution in [0.4, 0.5) is 11.5 Å². The van der Waals surface area contributed by atoms with Crippen molar-refractivity contribution in [3.05, 3.63) is 41.6 Å². The van der Waals surface area contributed by atoms with Gasteiger partial charge in [0.1, 0.15) is 17.3 Å². The highest BCUT2D eigenvalue weighted by atomic mass is 35.5. The van der Waals surface area contributed by atoms with Crippen molar-refractivity contribution in [2.24, 2.45) is 15.7 Å². The molecule has 1 aromatic carbocycles. The summed E-state index contributed by atoms with van der Waals surface area (Å²) in [5, 5.41) is 0. The minimum absolute atomic E-state index is 0.137. The Labute approximate surface area is 244 Å². The summed E-state index contributed by atoms with van der Waals surface area (Å²) in [6.45, 7) is 7.61. The number of ether oxygens (including phenoxy) is 3. The minimum Gasteiger partial charge on any atom is -0.491 e. The van der Waals surface area contributed by atoms with E-state index in [1.54, 1.807) is 13.2 Å². The van der Waals surface area contributed by atoms with Gasteiger partial charge in [0.05, 0.1) is 39.0 Å². The number of amides is 1. The lowest BCUT2D eigenvalue weighted by Gasteiger charge is -2.31. The second-order valence-corrected chi connectivity index (χ2v) is 10.7. The van der Waals surface area contributed by atoms with Crippen molar-refractivity contribution in [3.8, 4) is 11.5 Å². The molecule has 218 valence electrons. The number of fused-ring (bicyclic) bond motifs is 3. The molecule has 0 radical (unpaired) electrons. The van der Waals surface area contributed by atoms with Gasteiger partial charge in [0.25, 0.3) is 5.91 Å². The van der Waals surface area contributed by atoms with E-state index in [-0.39, 0.29) is 12.0 Å². The SMILES string of the molecule is COc1c(OCCCN2CCOCC2)ccc2c1N=C(N(Cl)C(=O)c1ccc(N3CC[C@H](N)C3)nc1)N1CCN=C21. The van der Waals surface area contributed by atoms with Crippen molar-refractivity contribution >= 4 is 41.0 Å². The third-order valence-electron chi connectivity index (χ3n) is 7.71. The number of nitrogens with zero attached hydrogens (tertiary/aromatic N) is 7. The van der Waals surface area contributed by atoms with Crippen LogP contribution >= 0.6 is 11.8 Å². The number of aliphatic imine (C=N–C) groups is 2. The van der Waals surface area contributed by atoms with Gasteiger partial charge in [-0.05, 0) is 37.1 Å². The van der Waals surface area contributed by atoms with Gasteiger partial charge in [0, 0.05) is 68.8 Å². The Morgan fingerprint density at radius 2 is 2.05 bits per heavy atom. The smallest absolute Gasteiger partial charge is 0.277 e. The Bertz CT molecular complexity index is 1330. The van der Waals surface area contributed by atoms with E-state index in [4.69, 9.17) is 36.7 Å². The zero-order valence-corrected chi connectivity index (χ0v) is 23.9. The quantitative estimate of drug-likeness (QED) is 0.368. The molecule has 41 heavy (non-hydrogen) atoms. The fourth-order valence-corrected chi connectivity index (χ4v) is 5.76. The Balaban J connectivity index is 1.21. The van der Waals surface area contributed by atoms with E-state index < -0.39 is 5.91 Å². The summed E-state index contributed by atoms with van der Waals surface area (Å²) in [5.74, 6) is 2.37. The standard InChI is InChI=1S/C28H35ClN8O4/c1-39-25-22(41-14-2-9-34-12-15-40-16-13-34)5-4-21-24(25)33-28(36-11-8-31-26(21)36)37(29)27(38)19-3-6-23(32-17-19)35-10-7-20(30)18-35/h3-6,17,20H,2,7-16,18,30H2,1H3/t20-/m0/s1. The second-order valence-electron chi connectivity index (χ2n) is 10.4. The van der Waals surface area contributed by atoms with Crippen molar-refractivity contribution in [2.75, 3.05) is 77.6 Å². The molecule has 4 aliphatic heterocycles. The zero-order chi connectivity index (χ0) is 28.3. The largest absolute Gasteiger partial charge is 0.491 e. The van der Waals surface area contributed by atoms with E-state index in [9.17, 15) is 4.79 Å². The normalized spacial score (nSPS) is 20.3. The van der Waals surface area contributed by atoms with Crippen LogP contribution < -0.4 is 20.1 Å². The number of methoxy groups -OCH3 is 1. The number of hydrogen-bond acceptors (Lipinski definition) is 11. The molecule has 2 saturated heterocycles. The fourth-order valence-electron chi connectivity index (χ4n) is 5.53. The molecule has 2 N–H and O–H groups in total. The van der Waals surface area contributed by atoms with Gasteiger partial charge in [-0.25, -0.2) is 9.98 Å². The number of anilines is 1. The molecule has 0 aliphatic carbocycles. The van der Waals surface area contributed by atoms with Crippen molar-refractivity contribution in [1.29, 1.82) is 0 Å². The monoisotopic (exact) mass is 582 g/mol. The second kappa shape index (κ2) is 12.2. The summed E-state index contributed by atoms with van der Waals surface area (Å²) in [6.07, 6.45) is 3.33. The summed E-state index contributed by atoms with van der Waals surface area (Å²) < 4.78 is 18.4. The van der Waals surface area contributed by atoms with Gasteiger partial charge in [-0.15, -0.1) is 0 Å². The van der Waals surface area contributed by atoms with Crippen LogP contribution in [0.1, 0.15) is 28.8 Å². The molecule has 12 nitrogen and oxygen atoms in total. The maximum atomic E-state index is 13.5. The third kappa shape index (κ3) is 5.69. The number of rotatable bonds is 8. The van der Waals surface area contributed by atoms with Gasteiger partial charge in [-0.1, -0.05) is 0 Å². The first-order valence-electron chi connectivity index (χ1n) is 14.0. The van der Waals surface area contributed by atoms with Crippen molar-refractivity contribution in [3.63, 3.8) is 0 Å². The summed E-state index contributed by atoms with van der Waals surface area (Å²) >= 11 is 6.69. The molecule has 0 saturated carbocycles. The van der Waals surface area contributed by atoms with Crippen LogP contribution in [0, 0.1) is 0 Å². The molecule has 2 aromatic rings. The summed E-state index contributed by atoms with van der Waals surface area (Å²) in [7, 11) is 1.58. The highest BCUT2D eigenvalue weighted by molar-refractivity contribution is 6.35. The van der Waals surface area contributed by atoms with Crippen molar-refractivity contribution < 1.29 is 19.0 Å². The number of hydrogen-bond donors (Lipinski definition) is 1. The Kier molecular flexibility index (Phi) is 8.24. The van der Waals surface area contributed by atoms with Crippen LogP contribution in [0.5, 0.6) is 11.5 Å². The van der Waals surface area contributed by atoms with E-state index in [0.717, 1.165) is 74.6 Å². The first kappa shape index (κ1) is 27.7. The van der Waals surface area contributed by atoms with E-state index >= 15 is 0 Å². The number of morpholine rings is 1. The number of carbonyl (C=O) groups excluding carboxylic acids is 1. The predicted octanol–water partition coefficient (Wildman–Crippen LogP) is 2.09. The van der Waals surface area contributed by atoms with Crippen LogP contribution in [0.15, 0.2) is 40.4 Å². The number of pyridine rings is 1. The molecule has 5 heterocycles. The molecular formula is C28H35ClN8O4. The van der Waals surface area contributed by atoms with Gasteiger partial charge in [0.15, 0.2) is 11.5 Å². The number of halogens is 1. The van der Waals surface area contributed by atoms with Crippen LogP contribution in [-0.4, -0.2) is 116 Å². The van der Waals surface area contributed by atoms with Gasteiger partial charge in [-0.2, -0.15) is 4.42 Å². The topological polar surface area (TPSA) is 121 Å². The molecule has 2 fully saturated rings. The summed E-state index contributed by atoms with van der Waals surface area (Å²) in [6, 6.07) is 7.50. The minimum atomic E-state index is -0.438. The highest BCUT2D eigenvalue weighted by Gasteiger charge is 2.37. The van der Waals surface area contributed by atoms with Crippen LogP contribution in [0.2, 0.25) is 0 Å². The van der Waals surface area contributed by atoms with Crippen molar-refractivity contribution in [1.82, 2.24) is 19.2 Å². The molecule has 6 rings (SSSR count). The molecular weight excluding hydrogens is 548 g/mol. The average molecular weight is 583 g/mol. The average Bonchev–Trinajstić information content (AvgIpc) is 3.68. The van der Waals surface area contributed by atoms with E-state index in [2.05, 4.69) is 19.8 Å². The first-order chi connectivity index (χ1) is 20.0. The Hall–Kier alpha value is -3.45. The van der Waals surface area contributed by atoms with E-state index in [1.165, 1.54) is 6.20 Å². The number of aromatic nitrogens is 1. The van der Waals surface area contributed by atoms with E-state index in [1.807, 2.05) is 23.1 Å². The van der Waals surface area contributed by atoms with Crippen LogP contribution in [0.3, 0.4) is 0 Å². The highest BCUT2D eigenvalue weighted by Crippen LogP contribution is 2.44. The van der Waals surface area contributed by atoms with Gasteiger partial charge in [-0.3, -0.25) is 19.6 Å². The molecule has 0 spiro atoms. The van der Waals surface area contributed by atoms with E-state index in [0.29, 0.717) is 48.3 Å². The maximum absolute atomic E-state index is 13.5. The van der Waals surface area contributed by atoms with Crippen molar-refractivity contribution in [2.45, 2.75) is 18.9 Å². The lowest BCUT2D eigenvalue weighted by molar-refractivity contribution is 0.0357. The van der Waals surface area contributed by atoms with Crippen LogP contribution in [-0.2, 0) is 4.74 Å². The summed E-state index contributed by atoms with van der Waals surface area (Å²) in [4.78, 5) is 33.8. The maximum Gasteiger partial charge on any atom is 0.277 e. The lowest BCUT2D eigenvalue weighted by Crippen LogP contribution is -2.46. The van der Waals surface area contributed by atoms with Gasteiger partial charge >= 0.3 is 0 Å². The zero-order valence-electron chi connectivity index (χ0n) is 23.2. The third-order valence-corrected chi connectivity index (χ3v) is 8.02. The number of nitrogens with two attached hydrogens (primary N) is 1. The van der Waals surface area contributed by atoms with Gasteiger partial charge in [0.2, 0.25) is 5.96 Å². The number of carbonyl (C=O) groups is 1. The van der Waals surface area contributed by atoms with Crippen LogP contribution in [0.25, 0.3) is 0 Å². The summed E-state index contributed by atoms with van der Waals surface area (Å²) in [5.41, 5.74) is 7.71. The first-order valence-corrected chi connectivity index (χ1v) is 14.4. The molecule has 1 amide bonds.